The number of nitrogens with two attached hydrogens (primary N) is 1. The number of aromatic nitrogens is 1. The third kappa shape index (κ3) is 3.08. The molecule has 1 heterocycles. The second-order valence-corrected chi connectivity index (χ2v) is 3.96. The van der Waals surface area contributed by atoms with Gasteiger partial charge in [-0.2, -0.15) is 0 Å². The number of nitrogens with zero attached hydrogens (tertiary/aromatic N) is 1. The Morgan fingerprint density at radius 2 is 2.00 bits per heavy atom. The lowest BCUT2D eigenvalue weighted by Gasteiger charge is -2.15. The van der Waals surface area contributed by atoms with Crippen LogP contribution in [-0.2, 0) is 9.53 Å². The van der Waals surface area contributed by atoms with E-state index >= 15 is 0 Å². The van der Waals surface area contributed by atoms with Crippen molar-refractivity contribution in [2.24, 2.45) is 0 Å². The van der Waals surface area contributed by atoms with Crippen LogP contribution in [0.5, 0.6) is 0 Å². The largest absolute Gasteiger partial charge is 0.396 e. The van der Waals surface area contributed by atoms with Crippen molar-refractivity contribution in [3.8, 4) is 0 Å². The number of hydrogen-bond donors (Lipinski definition) is 2. The maximum Gasteiger partial charge on any atom is 0.259 e. The third-order valence-corrected chi connectivity index (χ3v) is 2.66. The fourth-order valence-electron chi connectivity index (χ4n) is 1.73. The highest BCUT2D eigenvalue weighted by Crippen LogP contribution is 2.20. The molecule has 0 radical (unpaired) electrons. The Kier molecular flexibility index (Phi) is 4.10. The Balaban J connectivity index is 2.17. The minimum Gasteiger partial charge on any atom is -0.396 e. The lowest BCUT2D eigenvalue weighted by molar-refractivity contribution is -0.126. The normalized spacial score (nSPS) is 11.8. The van der Waals surface area contributed by atoms with E-state index in [0.717, 1.165) is 5.56 Å². The van der Waals surface area contributed by atoms with Crippen LogP contribution in [0.2, 0.25) is 0 Å². The molecule has 0 spiro atoms. The Hall–Kier alpha value is -2.40. The summed E-state index contributed by atoms with van der Waals surface area (Å²) in [6, 6.07) is 12.6. The zero-order valence-corrected chi connectivity index (χ0v) is 10.5. The number of nitrogen functional groups attached to an aromatic ring is 1. The molecule has 0 bridgehead atoms. The molecule has 1 amide bonds. The van der Waals surface area contributed by atoms with Gasteiger partial charge < -0.3 is 15.8 Å². The van der Waals surface area contributed by atoms with Gasteiger partial charge in [0.25, 0.3) is 5.91 Å². The zero-order chi connectivity index (χ0) is 13.7. The highest BCUT2D eigenvalue weighted by atomic mass is 16.5. The predicted octanol–water partition coefficient (Wildman–Crippen LogP) is 1.99. The summed E-state index contributed by atoms with van der Waals surface area (Å²) < 4.78 is 5.23. The van der Waals surface area contributed by atoms with Crippen LogP contribution in [0, 0.1) is 0 Å². The van der Waals surface area contributed by atoms with E-state index in [2.05, 4.69) is 10.3 Å². The second kappa shape index (κ2) is 5.97. The van der Waals surface area contributed by atoms with Gasteiger partial charge in [0, 0.05) is 13.3 Å². The van der Waals surface area contributed by atoms with Crippen molar-refractivity contribution in [2.75, 3.05) is 18.2 Å². The lowest BCUT2D eigenvalue weighted by Crippen LogP contribution is -2.23. The van der Waals surface area contributed by atoms with Gasteiger partial charge in [-0.1, -0.05) is 30.3 Å². The van der Waals surface area contributed by atoms with Crippen LogP contribution in [0.15, 0.2) is 48.7 Å². The molecule has 0 aliphatic carbocycles. The monoisotopic (exact) mass is 257 g/mol. The van der Waals surface area contributed by atoms with Gasteiger partial charge in [-0.15, -0.1) is 0 Å². The quantitative estimate of drug-likeness (QED) is 0.878. The fraction of sp³-hybridized carbons (Fsp3) is 0.143. The Morgan fingerprint density at radius 3 is 2.63 bits per heavy atom. The lowest BCUT2D eigenvalue weighted by atomic mass is 10.1. The van der Waals surface area contributed by atoms with Gasteiger partial charge in [0.2, 0.25) is 0 Å². The smallest absolute Gasteiger partial charge is 0.259 e. The van der Waals surface area contributed by atoms with Crippen molar-refractivity contribution in [3.05, 3.63) is 54.2 Å². The first kappa shape index (κ1) is 13.0. The van der Waals surface area contributed by atoms with Gasteiger partial charge in [0.1, 0.15) is 0 Å². The highest BCUT2D eigenvalue weighted by molar-refractivity contribution is 5.96. The predicted molar refractivity (Wildman–Crippen MR) is 73.5 cm³/mol. The van der Waals surface area contributed by atoms with Crippen molar-refractivity contribution in [3.63, 3.8) is 0 Å². The minimum atomic E-state index is -0.692. The summed E-state index contributed by atoms with van der Waals surface area (Å²) in [5.41, 5.74) is 6.92. The maximum atomic E-state index is 12.2. The van der Waals surface area contributed by atoms with E-state index in [0.29, 0.717) is 11.5 Å². The van der Waals surface area contributed by atoms with Crippen LogP contribution in [0.1, 0.15) is 11.7 Å². The van der Waals surface area contributed by atoms with Crippen LogP contribution in [-0.4, -0.2) is 18.0 Å². The number of ether oxygens (including phenoxy) is 1. The molecular weight excluding hydrogens is 242 g/mol. The number of carbonyl (C=O) groups is 1. The van der Waals surface area contributed by atoms with Crippen LogP contribution in [0.3, 0.4) is 0 Å². The average Bonchev–Trinajstić information content (AvgIpc) is 2.43. The van der Waals surface area contributed by atoms with E-state index < -0.39 is 6.10 Å². The SMILES string of the molecule is COC(C(=O)Nc1ncccc1N)c1ccccc1. The zero-order valence-electron chi connectivity index (χ0n) is 10.5. The van der Waals surface area contributed by atoms with Crippen LogP contribution < -0.4 is 11.1 Å². The van der Waals surface area contributed by atoms with Gasteiger partial charge in [-0.05, 0) is 17.7 Å². The molecule has 1 unspecified atom stereocenters. The summed E-state index contributed by atoms with van der Waals surface area (Å²) in [5, 5.41) is 2.66. The van der Waals surface area contributed by atoms with Crippen molar-refractivity contribution in [1.29, 1.82) is 0 Å². The van der Waals surface area contributed by atoms with E-state index in [1.807, 2.05) is 30.3 Å². The number of hydrogen-bond acceptors (Lipinski definition) is 4. The molecule has 0 aliphatic heterocycles. The Labute approximate surface area is 111 Å². The molecule has 0 saturated heterocycles. The highest BCUT2D eigenvalue weighted by Gasteiger charge is 2.20. The number of rotatable bonds is 4. The first-order valence-electron chi connectivity index (χ1n) is 5.81. The third-order valence-electron chi connectivity index (χ3n) is 2.66. The van der Waals surface area contributed by atoms with Gasteiger partial charge in [-0.25, -0.2) is 4.98 Å². The molecule has 0 saturated carbocycles. The number of pyridine rings is 1. The Bertz CT molecular complexity index is 558. The standard InChI is InChI=1S/C14H15N3O2/c1-19-12(10-6-3-2-4-7-10)14(18)17-13-11(15)8-5-9-16-13/h2-9,12H,15H2,1H3,(H,16,17,18). The number of methoxy groups -OCH3 is 1. The average molecular weight is 257 g/mol. The van der Waals surface area contributed by atoms with E-state index in [9.17, 15) is 4.79 Å². The van der Waals surface area contributed by atoms with Gasteiger partial charge >= 0.3 is 0 Å². The second-order valence-electron chi connectivity index (χ2n) is 3.96. The molecule has 3 N–H and O–H groups in total. The topological polar surface area (TPSA) is 77.2 Å². The fourth-order valence-corrected chi connectivity index (χ4v) is 1.73. The summed E-state index contributed by atoms with van der Waals surface area (Å²) in [7, 11) is 1.49. The number of anilines is 2. The summed E-state index contributed by atoms with van der Waals surface area (Å²) >= 11 is 0. The molecular formula is C14H15N3O2. The first-order chi connectivity index (χ1) is 9.22. The summed E-state index contributed by atoms with van der Waals surface area (Å²) in [6.07, 6.45) is 0.874. The van der Waals surface area contributed by atoms with Gasteiger partial charge in [0.05, 0.1) is 5.69 Å². The van der Waals surface area contributed by atoms with E-state index in [1.54, 1.807) is 18.3 Å². The van der Waals surface area contributed by atoms with Crippen molar-refractivity contribution in [2.45, 2.75) is 6.10 Å². The molecule has 98 valence electrons. The summed E-state index contributed by atoms with van der Waals surface area (Å²) in [5.74, 6) is 0.0320. The molecule has 5 heteroatoms. The molecule has 2 aromatic rings. The number of amides is 1. The molecule has 1 atom stereocenters. The number of nitrogens with one attached hydrogen (secondary N) is 1. The summed E-state index contributed by atoms with van der Waals surface area (Å²) in [6.45, 7) is 0. The van der Waals surface area contributed by atoms with Crippen molar-refractivity contribution >= 4 is 17.4 Å². The molecule has 0 fully saturated rings. The maximum absolute atomic E-state index is 12.2. The van der Waals surface area contributed by atoms with Crippen molar-refractivity contribution < 1.29 is 9.53 Å². The van der Waals surface area contributed by atoms with Crippen LogP contribution in [0.4, 0.5) is 11.5 Å². The molecule has 0 aliphatic rings. The number of benzene rings is 1. The molecule has 1 aromatic carbocycles. The minimum absolute atomic E-state index is 0.306. The molecule has 2 rings (SSSR count). The van der Waals surface area contributed by atoms with E-state index in [4.69, 9.17) is 10.5 Å². The van der Waals surface area contributed by atoms with E-state index in [-0.39, 0.29) is 5.91 Å². The summed E-state index contributed by atoms with van der Waals surface area (Å²) in [4.78, 5) is 16.2. The molecule has 5 nitrogen and oxygen atoms in total. The van der Waals surface area contributed by atoms with Gasteiger partial charge in [0.15, 0.2) is 11.9 Å². The first-order valence-corrected chi connectivity index (χ1v) is 5.81. The van der Waals surface area contributed by atoms with Gasteiger partial charge in [-0.3, -0.25) is 4.79 Å². The van der Waals surface area contributed by atoms with Crippen LogP contribution in [0.25, 0.3) is 0 Å². The van der Waals surface area contributed by atoms with E-state index in [1.165, 1.54) is 7.11 Å². The molecule has 19 heavy (non-hydrogen) atoms. The molecule has 1 aromatic heterocycles. The van der Waals surface area contributed by atoms with Crippen molar-refractivity contribution in [1.82, 2.24) is 4.98 Å². The Morgan fingerprint density at radius 1 is 1.26 bits per heavy atom. The number of carbonyl (C=O) groups excluding carboxylic acids is 1. The van der Waals surface area contributed by atoms with Crippen LogP contribution >= 0.6 is 0 Å².